The molecule has 0 unspecified atom stereocenters. The number of aliphatic hydroxyl groups is 1. The summed E-state index contributed by atoms with van der Waals surface area (Å²) in [7, 11) is -2.29. The highest BCUT2D eigenvalue weighted by atomic mass is 35.5. The molecule has 6 rings (SSSR count). The summed E-state index contributed by atoms with van der Waals surface area (Å²) in [6, 6.07) is 20.7. The minimum absolute atomic E-state index is 0.101. The van der Waals surface area contributed by atoms with Crippen molar-refractivity contribution in [2.45, 2.75) is 75.1 Å². The Kier molecular flexibility index (Phi) is 11.0. The van der Waals surface area contributed by atoms with E-state index in [-0.39, 0.29) is 35.8 Å². The molecule has 1 amide bonds. The Hall–Kier alpha value is -3.37. The van der Waals surface area contributed by atoms with Gasteiger partial charge in [-0.15, -0.1) is 0 Å². The van der Waals surface area contributed by atoms with Crippen LogP contribution in [0.2, 0.25) is 5.02 Å². The molecule has 0 radical (unpaired) electrons. The van der Waals surface area contributed by atoms with Gasteiger partial charge in [0.15, 0.2) is 0 Å². The minimum atomic E-state index is -3.96. The first-order chi connectivity index (χ1) is 24.0. The molecular weight excluding hydrogens is 672 g/mol. The second-order valence-corrected chi connectivity index (χ2v) is 16.9. The van der Waals surface area contributed by atoms with Gasteiger partial charge in [0.2, 0.25) is 10.0 Å². The molecule has 8 nitrogen and oxygen atoms in total. The zero-order valence-electron chi connectivity index (χ0n) is 29.2. The van der Waals surface area contributed by atoms with Crippen molar-refractivity contribution in [3.63, 3.8) is 0 Å². The molecule has 3 aliphatic rings. The Morgan fingerprint density at radius 1 is 1.18 bits per heavy atom. The number of aliphatic hydroxyl groups excluding tert-OH is 1. The molecule has 3 aromatic carbocycles. The highest BCUT2D eigenvalue weighted by Crippen LogP contribution is 2.48. The van der Waals surface area contributed by atoms with Gasteiger partial charge in [0.25, 0.3) is 5.91 Å². The maximum atomic E-state index is 13.6. The van der Waals surface area contributed by atoms with E-state index in [0.717, 1.165) is 54.8 Å². The highest BCUT2D eigenvalue weighted by Gasteiger charge is 2.48. The number of fused-ring (bicyclic) bond motifs is 3. The quantitative estimate of drug-likeness (QED) is 0.197. The average molecular weight is 721 g/mol. The van der Waals surface area contributed by atoms with E-state index >= 15 is 0 Å². The Morgan fingerprint density at radius 3 is 2.68 bits per heavy atom. The van der Waals surface area contributed by atoms with Crippen molar-refractivity contribution in [2.24, 2.45) is 11.8 Å². The molecule has 2 aliphatic carbocycles. The summed E-state index contributed by atoms with van der Waals surface area (Å²) in [4.78, 5) is 16.0. The second-order valence-electron chi connectivity index (χ2n) is 14.3. The van der Waals surface area contributed by atoms with E-state index in [9.17, 15) is 18.3 Å². The monoisotopic (exact) mass is 720 g/mol. The first-order valence-electron chi connectivity index (χ1n) is 17.8. The van der Waals surface area contributed by atoms with Gasteiger partial charge in [-0.1, -0.05) is 67.1 Å². The maximum Gasteiger partial charge on any atom is 0.264 e. The summed E-state index contributed by atoms with van der Waals surface area (Å²) >= 11 is 6.45. The lowest BCUT2D eigenvalue weighted by Crippen LogP contribution is -2.54. The van der Waals surface area contributed by atoms with Gasteiger partial charge in [-0.05, 0) is 111 Å². The summed E-state index contributed by atoms with van der Waals surface area (Å²) in [5, 5.41) is 10.5. The lowest BCUT2D eigenvalue weighted by Gasteiger charge is -2.50. The van der Waals surface area contributed by atoms with Crippen molar-refractivity contribution in [3.05, 3.63) is 106 Å². The molecule has 0 bridgehead atoms. The van der Waals surface area contributed by atoms with Crippen LogP contribution in [0, 0.1) is 11.8 Å². The van der Waals surface area contributed by atoms with Crippen molar-refractivity contribution >= 4 is 33.2 Å². The van der Waals surface area contributed by atoms with Crippen molar-refractivity contribution in [1.82, 2.24) is 4.72 Å². The second kappa shape index (κ2) is 15.1. The number of anilines is 1. The number of carbonyl (C=O) groups is 1. The standard InChI is InChI=1S/C40H49ClN2O6S/c1-4-5-20-40(26-44,48-3)35-16-13-32(35)24-43-25-39(19-9-12-30-22-33(41)15-17-34(30)39)27-49-37-18-14-31(23-36(37)43)38(45)42-50(46,47)28(2)21-29-10-7-6-8-11-29/h5-8,10-11,14-15,17-18,20,22-23,28,32,35,44H,4,9,12-13,16,19,21,24-27H2,1-3H3,(H,42,45)/b20-5+/t28-,32+,35-,39+,40-/m1/s1. The van der Waals surface area contributed by atoms with Crippen LogP contribution < -0.4 is 14.4 Å². The SMILES string of the molecule is CC/C=C/[C@](CO)(OC)[C@@H]1CC[C@H]1CN1C[C@@]2(CCCc3cc(Cl)ccc32)COc2ccc(C(=O)NS(=O)(=O)[C@H](C)Cc3ccccc3)cc21. The number of hydrogen-bond donors (Lipinski definition) is 2. The van der Waals surface area contributed by atoms with Crippen LogP contribution >= 0.6 is 11.6 Å². The lowest BCUT2D eigenvalue weighted by atomic mass is 9.64. The fourth-order valence-corrected chi connectivity index (χ4v) is 9.39. The molecule has 10 heteroatoms. The van der Waals surface area contributed by atoms with Crippen molar-refractivity contribution < 1.29 is 27.8 Å². The lowest BCUT2D eigenvalue weighted by molar-refractivity contribution is -0.103. The van der Waals surface area contributed by atoms with Gasteiger partial charge in [0, 0.05) is 36.2 Å². The van der Waals surface area contributed by atoms with E-state index in [2.05, 4.69) is 34.8 Å². The van der Waals surface area contributed by atoms with Crippen LogP contribution in [0.3, 0.4) is 0 Å². The van der Waals surface area contributed by atoms with Crippen LogP contribution in [0.15, 0.2) is 78.9 Å². The Morgan fingerprint density at radius 2 is 1.98 bits per heavy atom. The molecule has 268 valence electrons. The van der Waals surface area contributed by atoms with Gasteiger partial charge < -0.3 is 19.5 Å². The van der Waals surface area contributed by atoms with Crippen LogP contribution in [-0.2, 0) is 33.0 Å². The molecule has 3 aromatic rings. The number of carbonyl (C=O) groups excluding carboxylic acids is 1. The van der Waals surface area contributed by atoms with Crippen LogP contribution in [0.25, 0.3) is 0 Å². The summed E-state index contributed by atoms with van der Waals surface area (Å²) < 4.78 is 41.6. The predicted molar refractivity (Wildman–Crippen MR) is 199 cm³/mol. The number of rotatable bonds is 12. The van der Waals surface area contributed by atoms with E-state index in [1.807, 2.05) is 42.5 Å². The topological polar surface area (TPSA) is 105 Å². The molecule has 0 aromatic heterocycles. The zero-order valence-corrected chi connectivity index (χ0v) is 30.8. The number of halogens is 1. The van der Waals surface area contributed by atoms with Gasteiger partial charge in [0.1, 0.15) is 11.4 Å². The molecule has 1 saturated carbocycles. The minimum Gasteiger partial charge on any atom is -0.490 e. The number of amides is 1. The normalized spacial score (nSPS) is 23.6. The molecule has 50 heavy (non-hydrogen) atoms. The first-order valence-corrected chi connectivity index (χ1v) is 19.7. The van der Waals surface area contributed by atoms with Gasteiger partial charge in [0.05, 0.1) is 24.2 Å². The number of nitrogens with one attached hydrogen (secondary N) is 1. The fourth-order valence-electron chi connectivity index (χ4n) is 8.21. The number of sulfonamides is 1. The van der Waals surface area contributed by atoms with E-state index in [0.29, 0.717) is 25.4 Å². The molecule has 1 spiro atoms. The number of aryl methyl sites for hydroxylation is 1. The van der Waals surface area contributed by atoms with Crippen LogP contribution in [0.4, 0.5) is 5.69 Å². The van der Waals surface area contributed by atoms with E-state index < -0.39 is 26.8 Å². The van der Waals surface area contributed by atoms with Crippen LogP contribution in [0.1, 0.15) is 73.0 Å². The molecule has 5 atom stereocenters. The first kappa shape index (κ1) is 36.4. The Balaban J connectivity index is 1.33. The third-order valence-corrected chi connectivity index (χ3v) is 13.1. The average Bonchev–Trinajstić information content (AvgIpc) is 3.25. The fraction of sp³-hybridized carbons (Fsp3) is 0.475. The smallest absolute Gasteiger partial charge is 0.264 e. The van der Waals surface area contributed by atoms with Crippen molar-refractivity contribution in [3.8, 4) is 5.75 Å². The molecular formula is C40H49ClN2O6S. The Labute approximate surface area is 301 Å². The predicted octanol–water partition coefficient (Wildman–Crippen LogP) is 6.87. The highest BCUT2D eigenvalue weighted by molar-refractivity contribution is 7.90. The Bertz CT molecular complexity index is 1810. The number of nitrogens with zero attached hydrogens (tertiary/aromatic N) is 1. The maximum absolute atomic E-state index is 13.6. The van der Waals surface area contributed by atoms with Crippen molar-refractivity contribution in [1.29, 1.82) is 0 Å². The largest absolute Gasteiger partial charge is 0.490 e. The summed E-state index contributed by atoms with van der Waals surface area (Å²) in [5.74, 6) is 0.288. The van der Waals surface area contributed by atoms with Crippen molar-refractivity contribution in [2.75, 3.05) is 38.3 Å². The number of benzene rings is 3. The third-order valence-electron chi connectivity index (χ3n) is 11.2. The van der Waals surface area contributed by atoms with Gasteiger partial charge in [-0.2, -0.15) is 0 Å². The van der Waals surface area contributed by atoms with E-state index in [1.54, 1.807) is 32.2 Å². The van der Waals surface area contributed by atoms with E-state index in [4.69, 9.17) is 21.1 Å². The van der Waals surface area contributed by atoms with Crippen LogP contribution in [-0.4, -0.2) is 63.7 Å². The number of ether oxygens (including phenoxy) is 2. The number of allylic oxidation sites excluding steroid dienone is 1. The molecule has 1 aliphatic heterocycles. The molecule has 1 heterocycles. The summed E-state index contributed by atoms with van der Waals surface area (Å²) in [6.45, 7) is 5.35. The number of hydrogen-bond acceptors (Lipinski definition) is 7. The summed E-state index contributed by atoms with van der Waals surface area (Å²) in [6.07, 6.45) is 10.00. The summed E-state index contributed by atoms with van der Waals surface area (Å²) in [5.41, 5.74) is 3.27. The van der Waals surface area contributed by atoms with E-state index in [1.165, 1.54) is 11.1 Å². The molecule has 1 fully saturated rings. The van der Waals surface area contributed by atoms with Gasteiger partial charge in [-0.3, -0.25) is 4.79 Å². The van der Waals surface area contributed by atoms with Gasteiger partial charge in [-0.25, -0.2) is 13.1 Å². The van der Waals surface area contributed by atoms with Gasteiger partial charge >= 0.3 is 0 Å². The molecule has 2 N–H and O–H groups in total. The van der Waals surface area contributed by atoms with Crippen LogP contribution in [0.5, 0.6) is 5.75 Å². The molecule has 0 saturated heterocycles. The number of methoxy groups -OCH3 is 1. The third kappa shape index (κ3) is 7.33. The zero-order chi connectivity index (χ0) is 35.5.